The van der Waals surface area contributed by atoms with Gasteiger partial charge in [-0.3, -0.25) is 14.0 Å². The summed E-state index contributed by atoms with van der Waals surface area (Å²) < 4.78 is 51.3. The van der Waals surface area contributed by atoms with Gasteiger partial charge in [0, 0.05) is 24.7 Å². The number of pyridine rings is 1. The summed E-state index contributed by atoms with van der Waals surface area (Å²) in [6.45, 7) is -1.89. The molecule has 3 aromatic rings. The number of rotatable bonds is 10. The minimum Gasteiger partial charge on any atom is -0.350 e. The highest BCUT2D eigenvalue weighted by molar-refractivity contribution is 5.93. The zero-order chi connectivity index (χ0) is 24.7. The third-order valence-electron chi connectivity index (χ3n) is 5.17. The molecule has 2 atom stereocenters. The second-order valence-corrected chi connectivity index (χ2v) is 7.91. The van der Waals surface area contributed by atoms with Crippen molar-refractivity contribution in [2.75, 3.05) is 19.8 Å². The summed E-state index contributed by atoms with van der Waals surface area (Å²) in [5, 5.41) is 4.63. The Hall–Kier alpha value is -3.47. The summed E-state index contributed by atoms with van der Waals surface area (Å²) in [6.07, 6.45) is -3.10. The average Bonchev–Trinajstić information content (AvgIpc) is 3.22. The van der Waals surface area contributed by atoms with E-state index in [0.29, 0.717) is 12.1 Å². The minimum absolute atomic E-state index is 0.203. The summed E-state index contributed by atoms with van der Waals surface area (Å²) >= 11 is 0. The smallest absolute Gasteiger partial charge is 0.350 e. The van der Waals surface area contributed by atoms with E-state index < -0.39 is 37.3 Å². The molecule has 0 saturated carbocycles. The van der Waals surface area contributed by atoms with Crippen LogP contribution in [0.2, 0.25) is 0 Å². The van der Waals surface area contributed by atoms with Gasteiger partial charge in [0.05, 0.1) is 12.1 Å². The van der Waals surface area contributed by atoms with E-state index in [4.69, 9.17) is 5.73 Å². The Balaban J connectivity index is 1.71. The maximum Gasteiger partial charge on any atom is 0.405 e. The van der Waals surface area contributed by atoms with E-state index in [-0.39, 0.29) is 30.3 Å². The van der Waals surface area contributed by atoms with Gasteiger partial charge in [-0.1, -0.05) is 36.4 Å². The lowest BCUT2D eigenvalue weighted by molar-refractivity contribution is -0.138. The van der Waals surface area contributed by atoms with Crippen LogP contribution in [0.1, 0.15) is 34.1 Å². The number of halogens is 4. The third-order valence-corrected chi connectivity index (χ3v) is 5.17. The highest BCUT2D eigenvalue weighted by atomic mass is 19.4. The fourth-order valence-corrected chi connectivity index (χ4v) is 3.55. The molecule has 7 nitrogen and oxygen atoms in total. The van der Waals surface area contributed by atoms with E-state index in [1.54, 1.807) is 23.5 Å². The monoisotopic (exact) mass is 479 g/mol. The van der Waals surface area contributed by atoms with Gasteiger partial charge in [-0.15, -0.1) is 0 Å². The van der Waals surface area contributed by atoms with Crippen LogP contribution in [0.5, 0.6) is 0 Å². The second kappa shape index (κ2) is 11.1. The maximum atomic E-state index is 13.0. The molecule has 0 aliphatic rings. The number of fused-ring (bicyclic) bond motifs is 1. The van der Waals surface area contributed by atoms with E-state index in [0.717, 1.165) is 5.56 Å². The Bertz CT molecular complexity index is 1120. The fourth-order valence-electron chi connectivity index (χ4n) is 3.55. The van der Waals surface area contributed by atoms with Crippen molar-refractivity contribution in [3.8, 4) is 0 Å². The quantitative estimate of drug-likeness (QED) is 0.389. The topological polar surface area (TPSA) is 102 Å². The van der Waals surface area contributed by atoms with Crippen LogP contribution in [0.15, 0.2) is 54.7 Å². The van der Waals surface area contributed by atoms with Crippen molar-refractivity contribution in [1.82, 2.24) is 20.0 Å². The summed E-state index contributed by atoms with van der Waals surface area (Å²) in [6, 6.07) is 13.4. The molecule has 3 rings (SSSR count). The van der Waals surface area contributed by atoms with Gasteiger partial charge < -0.3 is 16.4 Å². The highest BCUT2D eigenvalue weighted by Crippen LogP contribution is 2.21. The standard InChI is InChI=1S/C23H25F4N5O2/c24-11-17(28)9-16(15-5-2-1-3-6-15)12-29-22(34)19-7-4-8-20-31-18(13-32(19)20)10-21(33)30-14-23(25,26)27/h1-8,13,16-17H,9-12,14,28H2,(H,29,34)(H,30,33). The first-order valence-corrected chi connectivity index (χ1v) is 10.6. The van der Waals surface area contributed by atoms with Crippen molar-refractivity contribution in [2.45, 2.75) is 31.0 Å². The first kappa shape index (κ1) is 25.2. The molecule has 0 spiro atoms. The van der Waals surface area contributed by atoms with Gasteiger partial charge in [0.2, 0.25) is 5.91 Å². The number of imidazole rings is 1. The number of amides is 2. The number of nitrogens with one attached hydrogen (secondary N) is 2. The molecule has 2 amide bonds. The number of alkyl halides is 4. The number of hydrogen-bond acceptors (Lipinski definition) is 4. The van der Waals surface area contributed by atoms with Crippen LogP contribution in [0, 0.1) is 0 Å². The lowest BCUT2D eigenvalue weighted by atomic mass is 9.92. The summed E-state index contributed by atoms with van der Waals surface area (Å²) in [5.41, 5.74) is 7.53. The van der Waals surface area contributed by atoms with Gasteiger partial charge in [-0.2, -0.15) is 13.2 Å². The molecule has 0 aliphatic carbocycles. The molecular formula is C23H25F4N5O2. The second-order valence-electron chi connectivity index (χ2n) is 7.91. The van der Waals surface area contributed by atoms with Gasteiger partial charge in [-0.25, -0.2) is 9.37 Å². The van der Waals surface area contributed by atoms with E-state index >= 15 is 0 Å². The van der Waals surface area contributed by atoms with Gasteiger partial charge in [0.15, 0.2) is 0 Å². The Morgan fingerprint density at radius 1 is 1.06 bits per heavy atom. The molecule has 2 unspecified atom stereocenters. The third kappa shape index (κ3) is 7.01. The zero-order valence-corrected chi connectivity index (χ0v) is 18.2. The van der Waals surface area contributed by atoms with Crippen molar-refractivity contribution >= 4 is 17.5 Å². The van der Waals surface area contributed by atoms with Gasteiger partial charge in [0.1, 0.15) is 24.6 Å². The van der Waals surface area contributed by atoms with Crippen molar-refractivity contribution in [1.29, 1.82) is 0 Å². The van der Waals surface area contributed by atoms with E-state index in [9.17, 15) is 27.2 Å². The van der Waals surface area contributed by atoms with Crippen LogP contribution in [-0.2, 0) is 11.2 Å². The first-order chi connectivity index (χ1) is 16.2. The molecule has 0 radical (unpaired) electrons. The molecule has 11 heteroatoms. The van der Waals surface area contributed by atoms with Crippen molar-refractivity contribution in [3.05, 3.63) is 71.7 Å². The number of hydrogen-bond donors (Lipinski definition) is 3. The van der Waals surface area contributed by atoms with Gasteiger partial charge in [0.25, 0.3) is 5.91 Å². The number of carbonyl (C=O) groups is 2. The SMILES string of the molecule is NC(CF)CC(CNC(=O)c1cccc2nc(CC(=O)NCC(F)(F)F)cn12)c1ccccc1. The van der Waals surface area contributed by atoms with Crippen molar-refractivity contribution < 1.29 is 27.2 Å². The molecule has 2 heterocycles. The molecule has 182 valence electrons. The zero-order valence-electron chi connectivity index (χ0n) is 18.2. The number of carbonyl (C=O) groups excluding carboxylic acids is 2. The Labute approximate surface area is 193 Å². The lowest BCUT2D eigenvalue weighted by Crippen LogP contribution is -2.34. The predicted molar refractivity (Wildman–Crippen MR) is 118 cm³/mol. The van der Waals surface area contributed by atoms with Crippen LogP contribution in [0.4, 0.5) is 17.6 Å². The van der Waals surface area contributed by atoms with Gasteiger partial charge in [-0.05, 0) is 24.1 Å². The maximum absolute atomic E-state index is 13.0. The summed E-state index contributed by atoms with van der Waals surface area (Å²) in [7, 11) is 0. The fraction of sp³-hybridized carbons (Fsp3) is 0.348. The van der Waals surface area contributed by atoms with Crippen LogP contribution in [0.25, 0.3) is 5.65 Å². The van der Waals surface area contributed by atoms with E-state index in [1.165, 1.54) is 10.6 Å². The molecule has 0 aliphatic heterocycles. The number of aromatic nitrogens is 2. The van der Waals surface area contributed by atoms with Crippen LogP contribution < -0.4 is 16.4 Å². The average molecular weight is 479 g/mol. The Morgan fingerprint density at radius 2 is 1.79 bits per heavy atom. The normalized spacial score (nSPS) is 13.4. The van der Waals surface area contributed by atoms with E-state index in [1.807, 2.05) is 30.3 Å². The van der Waals surface area contributed by atoms with Crippen molar-refractivity contribution in [3.63, 3.8) is 0 Å². The van der Waals surface area contributed by atoms with Gasteiger partial charge >= 0.3 is 6.18 Å². The molecular weight excluding hydrogens is 454 g/mol. The van der Waals surface area contributed by atoms with Crippen LogP contribution in [0.3, 0.4) is 0 Å². The lowest BCUT2D eigenvalue weighted by Gasteiger charge is -2.20. The molecule has 1 aromatic carbocycles. The molecule has 0 bridgehead atoms. The first-order valence-electron chi connectivity index (χ1n) is 10.6. The number of nitrogens with zero attached hydrogens (tertiary/aromatic N) is 2. The van der Waals surface area contributed by atoms with Crippen molar-refractivity contribution in [2.24, 2.45) is 5.73 Å². The molecule has 34 heavy (non-hydrogen) atoms. The molecule has 2 aromatic heterocycles. The Kier molecular flexibility index (Phi) is 8.21. The number of nitrogens with two attached hydrogens (primary N) is 1. The molecule has 0 fully saturated rings. The molecule has 4 N–H and O–H groups in total. The van der Waals surface area contributed by atoms with Crippen LogP contribution >= 0.6 is 0 Å². The number of benzene rings is 1. The minimum atomic E-state index is -4.51. The Morgan fingerprint density at radius 3 is 2.47 bits per heavy atom. The summed E-state index contributed by atoms with van der Waals surface area (Å²) in [5.74, 6) is -1.46. The molecule has 0 saturated heterocycles. The van der Waals surface area contributed by atoms with E-state index in [2.05, 4.69) is 10.3 Å². The largest absolute Gasteiger partial charge is 0.405 e. The van der Waals surface area contributed by atoms with Crippen LogP contribution in [-0.4, -0.2) is 53.2 Å². The highest BCUT2D eigenvalue weighted by Gasteiger charge is 2.28. The predicted octanol–water partition coefficient (Wildman–Crippen LogP) is 2.76. The summed E-state index contributed by atoms with van der Waals surface area (Å²) in [4.78, 5) is 28.9.